The first-order chi connectivity index (χ1) is 15.6. The summed E-state index contributed by atoms with van der Waals surface area (Å²) in [6.07, 6.45) is 2.86. The first kappa shape index (κ1) is 21.9. The van der Waals surface area contributed by atoms with Crippen LogP contribution in [0.3, 0.4) is 0 Å². The SMILES string of the molecule is CCCCCN1C(=O)[C@@H](C(=O)OCC)[C@@H](c2ccccc2OC)n2c1nc1ccccc12. The number of methoxy groups -OCH3 is 1. The minimum atomic E-state index is -1.03. The van der Waals surface area contributed by atoms with Crippen molar-refractivity contribution >= 4 is 28.9 Å². The molecule has 1 amide bonds. The highest BCUT2D eigenvalue weighted by molar-refractivity contribution is 6.08. The topological polar surface area (TPSA) is 73.7 Å². The van der Waals surface area contributed by atoms with Gasteiger partial charge in [0.05, 0.1) is 30.8 Å². The van der Waals surface area contributed by atoms with E-state index in [4.69, 9.17) is 14.5 Å². The summed E-state index contributed by atoms with van der Waals surface area (Å²) < 4.78 is 13.0. The normalized spacial score (nSPS) is 18.0. The van der Waals surface area contributed by atoms with Gasteiger partial charge in [-0.3, -0.25) is 14.5 Å². The van der Waals surface area contributed by atoms with Crippen LogP contribution in [0.4, 0.5) is 5.95 Å². The third-order valence-corrected chi connectivity index (χ3v) is 5.93. The van der Waals surface area contributed by atoms with E-state index >= 15 is 0 Å². The van der Waals surface area contributed by atoms with Crippen molar-refractivity contribution in [3.63, 3.8) is 0 Å². The number of aromatic nitrogens is 2. The number of fused-ring (bicyclic) bond motifs is 3. The molecular formula is C25H29N3O4. The molecule has 4 rings (SSSR count). The maximum atomic E-state index is 13.8. The molecule has 1 aliphatic rings. The molecule has 1 aromatic heterocycles. The number of hydrogen-bond donors (Lipinski definition) is 0. The third-order valence-electron chi connectivity index (χ3n) is 5.93. The number of hydrogen-bond acceptors (Lipinski definition) is 5. The van der Waals surface area contributed by atoms with Gasteiger partial charge in [-0.05, 0) is 31.5 Å². The van der Waals surface area contributed by atoms with E-state index in [0.29, 0.717) is 18.2 Å². The number of unbranched alkanes of at least 4 members (excludes halogenated alkanes) is 2. The summed E-state index contributed by atoms with van der Waals surface area (Å²) in [4.78, 5) is 33.4. The van der Waals surface area contributed by atoms with Gasteiger partial charge in [0.25, 0.3) is 0 Å². The Balaban J connectivity index is 1.97. The summed E-state index contributed by atoms with van der Waals surface area (Å²) in [5.74, 6) is -0.667. The van der Waals surface area contributed by atoms with Crippen LogP contribution in [0.5, 0.6) is 5.75 Å². The number of benzene rings is 2. The van der Waals surface area contributed by atoms with E-state index in [1.165, 1.54) is 0 Å². The van der Waals surface area contributed by atoms with E-state index in [1.54, 1.807) is 18.9 Å². The monoisotopic (exact) mass is 435 g/mol. The summed E-state index contributed by atoms with van der Waals surface area (Å²) in [6.45, 7) is 4.58. The molecule has 0 saturated carbocycles. The van der Waals surface area contributed by atoms with Crippen molar-refractivity contribution in [3.05, 3.63) is 54.1 Å². The molecule has 32 heavy (non-hydrogen) atoms. The zero-order valence-electron chi connectivity index (χ0n) is 18.8. The van der Waals surface area contributed by atoms with Gasteiger partial charge in [0, 0.05) is 12.1 Å². The second-order valence-electron chi connectivity index (χ2n) is 7.88. The Hall–Kier alpha value is -3.35. The number of imidazole rings is 1. The standard InChI is InChI=1S/C25H29N3O4/c1-4-6-11-16-27-23(29)21(24(30)32-5-2)22(17-12-7-10-15-20(17)31-3)28-19-14-9-8-13-18(19)26-25(27)28/h7-10,12-15,21-22H,4-6,11,16H2,1-3H3/t21-,22+/m0/s1. The number of esters is 1. The van der Waals surface area contributed by atoms with Gasteiger partial charge in [0.1, 0.15) is 5.75 Å². The van der Waals surface area contributed by atoms with Crippen molar-refractivity contribution < 1.29 is 19.1 Å². The third kappa shape index (κ3) is 3.72. The zero-order valence-corrected chi connectivity index (χ0v) is 18.8. The van der Waals surface area contributed by atoms with Gasteiger partial charge in [0.15, 0.2) is 5.92 Å². The van der Waals surface area contributed by atoms with Crippen molar-refractivity contribution in [3.8, 4) is 5.75 Å². The Morgan fingerprint density at radius 1 is 1.06 bits per heavy atom. The van der Waals surface area contributed by atoms with Crippen LogP contribution in [0.15, 0.2) is 48.5 Å². The van der Waals surface area contributed by atoms with Crippen molar-refractivity contribution in [1.82, 2.24) is 9.55 Å². The van der Waals surface area contributed by atoms with E-state index in [0.717, 1.165) is 35.9 Å². The second-order valence-corrected chi connectivity index (χ2v) is 7.88. The number of carbonyl (C=O) groups is 2. The highest BCUT2D eigenvalue weighted by Gasteiger charge is 2.48. The molecule has 7 heteroatoms. The van der Waals surface area contributed by atoms with Gasteiger partial charge in [-0.15, -0.1) is 0 Å². The molecule has 3 aromatic rings. The minimum absolute atomic E-state index is 0.203. The highest BCUT2D eigenvalue weighted by atomic mass is 16.5. The van der Waals surface area contributed by atoms with Crippen molar-refractivity contribution in [2.75, 3.05) is 25.2 Å². The summed E-state index contributed by atoms with van der Waals surface area (Å²) in [6, 6.07) is 14.6. The predicted molar refractivity (Wildman–Crippen MR) is 123 cm³/mol. The van der Waals surface area contributed by atoms with Gasteiger partial charge in [-0.2, -0.15) is 0 Å². The molecule has 0 fully saturated rings. The molecule has 0 unspecified atom stereocenters. The molecule has 0 bridgehead atoms. The number of nitrogens with zero attached hydrogens (tertiary/aromatic N) is 3. The lowest BCUT2D eigenvalue weighted by molar-refractivity contribution is -0.153. The largest absolute Gasteiger partial charge is 0.496 e. The summed E-state index contributed by atoms with van der Waals surface area (Å²) >= 11 is 0. The summed E-state index contributed by atoms with van der Waals surface area (Å²) in [5.41, 5.74) is 2.39. The smallest absolute Gasteiger partial charge is 0.321 e. The quantitative estimate of drug-likeness (QED) is 0.299. The van der Waals surface area contributed by atoms with Crippen LogP contribution >= 0.6 is 0 Å². The Bertz CT molecular complexity index is 1120. The fourth-order valence-electron chi connectivity index (χ4n) is 4.47. The minimum Gasteiger partial charge on any atom is -0.496 e. The molecule has 2 heterocycles. The Morgan fingerprint density at radius 2 is 1.81 bits per heavy atom. The molecular weight excluding hydrogens is 406 g/mol. The van der Waals surface area contributed by atoms with E-state index in [-0.39, 0.29) is 12.5 Å². The Labute approximate surface area is 187 Å². The molecule has 2 aromatic carbocycles. The number of rotatable bonds is 8. The zero-order chi connectivity index (χ0) is 22.7. The van der Waals surface area contributed by atoms with E-state index in [2.05, 4.69) is 6.92 Å². The maximum absolute atomic E-state index is 13.8. The van der Waals surface area contributed by atoms with Crippen LogP contribution in [0, 0.1) is 5.92 Å². The van der Waals surface area contributed by atoms with Crippen molar-refractivity contribution in [2.24, 2.45) is 5.92 Å². The molecule has 7 nitrogen and oxygen atoms in total. The average molecular weight is 436 g/mol. The van der Waals surface area contributed by atoms with Crippen molar-refractivity contribution in [2.45, 2.75) is 39.2 Å². The molecule has 2 atom stereocenters. The fourth-order valence-corrected chi connectivity index (χ4v) is 4.47. The van der Waals surface area contributed by atoms with Gasteiger partial charge in [0.2, 0.25) is 11.9 Å². The number of carbonyl (C=O) groups excluding carboxylic acids is 2. The molecule has 0 spiro atoms. The lowest BCUT2D eigenvalue weighted by Gasteiger charge is -2.38. The fraction of sp³-hybridized carbons (Fsp3) is 0.400. The predicted octanol–water partition coefficient (Wildman–Crippen LogP) is 4.35. The van der Waals surface area contributed by atoms with Crippen LogP contribution in [-0.2, 0) is 14.3 Å². The van der Waals surface area contributed by atoms with E-state index < -0.39 is 17.9 Å². The Morgan fingerprint density at radius 3 is 2.56 bits per heavy atom. The summed E-state index contributed by atoms with van der Waals surface area (Å²) in [7, 11) is 1.59. The first-order valence-corrected chi connectivity index (χ1v) is 11.2. The van der Waals surface area contributed by atoms with Crippen LogP contribution in [0.2, 0.25) is 0 Å². The van der Waals surface area contributed by atoms with Gasteiger partial charge in [-0.25, -0.2) is 4.98 Å². The van der Waals surface area contributed by atoms with Crippen LogP contribution in [0.1, 0.15) is 44.7 Å². The van der Waals surface area contributed by atoms with E-state index in [9.17, 15) is 9.59 Å². The molecule has 0 radical (unpaired) electrons. The highest BCUT2D eigenvalue weighted by Crippen LogP contribution is 2.43. The molecule has 0 aliphatic carbocycles. The Kier molecular flexibility index (Phi) is 6.44. The summed E-state index contributed by atoms with van der Waals surface area (Å²) in [5, 5.41) is 0. The molecule has 1 aliphatic heterocycles. The number of ether oxygens (including phenoxy) is 2. The number of amides is 1. The molecule has 0 saturated heterocycles. The van der Waals surface area contributed by atoms with Gasteiger partial charge >= 0.3 is 5.97 Å². The molecule has 168 valence electrons. The lowest BCUT2D eigenvalue weighted by Crippen LogP contribution is -2.50. The maximum Gasteiger partial charge on any atom is 0.321 e. The van der Waals surface area contributed by atoms with Gasteiger partial charge in [-0.1, -0.05) is 50.1 Å². The second kappa shape index (κ2) is 9.42. The lowest BCUT2D eigenvalue weighted by atomic mass is 9.88. The van der Waals surface area contributed by atoms with Crippen LogP contribution < -0.4 is 9.64 Å². The van der Waals surface area contributed by atoms with Gasteiger partial charge < -0.3 is 14.0 Å². The van der Waals surface area contributed by atoms with Crippen LogP contribution in [-0.4, -0.2) is 41.7 Å². The molecule has 0 N–H and O–H groups in total. The first-order valence-electron chi connectivity index (χ1n) is 11.2. The van der Waals surface area contributed by atoms with E-state index in [1.807, 2.05) is 53.1 Å². The van der Waals surface area contributed by atoms with Crippen LogP contribution in [0.25, 0.3) is 11.0 Å². The average Bonchev–Trinajstić information content (AvgIpc) is 3.19. The number of para-hydroxylation sites is 3. The van der Waals surface area contributed by atoms with Crippen molar-refractivity contribution in [1.29, 1.82) is 0 Å². The number of anilines is 1.